The Morgan fingerprint density at radius 1 is 1.27 bits per heavy atom. The fourth-order valence-corrected chi connectivity index (χ4v) is 3.99. The second-order valence-electron chi connectivity index (χ2n) is 5.76. The van der Waals surface area contributed by atoms with Crippen molar-refractivity contribution in [2.24, 2.45) is 0 Å². The van der Waals surface area contributed by atoms with Crippen LogP contribution in [0, 0.1) is 0 Å². The number of anilines is 1. The number of carbonyl (C=O) groups excluding carboxylic acids is 1. The number of thioether (sulfide) groups is 1. The number of methoxy groups -OCH3 is 1. The predicted molar refractivity (Wildman–Crippen MR) is 107 cm³/mol. The number of hydrogen-bond donors (Lipinski definition) is 3. The third-order valence-corrected chi connectivity index (χ3v) is 5.35. The van der Waals surface area contributed by atoms with Gasteiger partial charge >= 0.3 is 0 Å². The van der Waals surface area contributed by atoms with E-state index in [4.69, 9.17) is 16.3 Å². The second kappa shape index (κ2) is 6.97. The fraction of sp³-hybridized carbons (Fsp3) is 0.105. The monoisotopic (exact) mass is 385 g/mol. The van der Waals surface area contributed by atoms with E-state index in [2.05, 4.69) is 15.6 Å². The summed E-state index contributed by atoms with van der Waals surface area (Å²) >= 11 is 7.48. The van der Waals surface area contributed by atoms with E-state index in [9.17, 15) is 4.79 Å². The maximum atomic E-state index is 12.4. The van der Waals surface area contributed by atoms with E-state index in [1.54, 1.807) is 25.3 Å². The number of para-hydroxylation sites is 1. The minimum absolute atomic E-state index is 0.112. The molecule has 3 aromatic rings. The average molecular weight is 386 g/mol. The van der Waals surface area contributed by atoms with Gasteiger partial charge in [0.2, 0.25) is 0 Å². The van der Waals surface area contributed by atoms with Gasteiger partial charge in [0.1, 0.15) is 5.75 Å². The molecule has 4 rings (SSSR count). The third kappa shape index (κ3) is 3.25. The molecule has 1 aliphatic heterocycles. The van der Waals surface area contributed by atoms with Gasteiger partial charge in [0.15, 0.2) is 5.50 Å². The van der Waals surface area contributed by atoms with Gasteiger partial charge in [-0.2, -0.15) is 0 Å². The van der Waals surface area contributed by atoms with E-state index in [-0.39, 0.29) is 11.4 Å². The SMILES string of the molecule is COc1ccc(Cl)cc1NC1NC(=O)/C(=C/c2c[nH]c3ccccc23)S1. The van der Waals surface area contributed by atoms with Crippen LogP contribution in [-0.2, 0) is 4.79 Å². The Hall–Kier alpha value is -2.57. The summed E-state index contributed by atoms with van der Waals surface area (Å²) in [5, 5.41) is 7.85. The molecule has 2 aromatic carbocycles. The molecule has 2 heterocycles. The Balaban J connectivity index is 1.57. The second-order valence-corrected chi connectivity index (χ2v) is 7.34. The Bertz CT molecular complexity index is 1010. The van der Waals surface area contributed by atoms with Gasteiger partial charge in [0.25, 0.3) is 5.91 Å². The van der Waals surface area contributed by atoms with Crippen LogP contribution >= 0.6 is 23.4 Å². The highest BCUT2D eigenvalue weighted by molar-refractivity contribution is 8.05. The Morgan fingerprint density at radius 2 is 2.12 bits per heavy atom. The van der Waals surface area contributed by atoms with Crippen molar-refractivity contribution in [1.29, 1.82) is 0 Å². The molecule has 0 spiro atoms. The number of H-pyrrole nitrogens is 1. The first-order chi connectivity index (χ1) is 12.6. The summed E-state index contributed by atoms with van der Waals surface area (Å²) in [5.41, 5.74) is 2.46. The van der Waals surface area contributed by atoms with Gasteiger partial charge in [-0.3, -0.25) is 4.79 Å². The highest BCUT2D eigenvalue weighted by atomic mass is 35.5. The van der Waals surface area contributed by atoms with Crippen LogP contribution in [0.15, 0.2) is 53.6 Å². The molecule has 132 valence electrons. The number of halogens is 1. The summed E-state index contributed by atoms with van der Waals surface area (Å²) in [5.74, 6) is 0.553. The van der Waals surface area contributed by atoms with E-state index < -0.39 is 0 Å². The molecule has 1 aliphatic rings. The quantitative estimate of drug-likeness (QED) is 0.581. The van der Waals surface area contributed by atoms with Crippen LogP contribution < -0.4 is 15.4 Å². The van der Waals surface area contributed by atoms with Gasteiger partial charge in [-0.1, -0.05) is 41.6 Å². The Labute approximate surface area is 159 Å². The van der Waals surface area contributed by atoms with Gasteiger partial charge < -0.3 is 20.4 Å². The lowest BCUT2D eigenvalue weighted by Gasteiger charge is -2.15. The molecule has 0 bridgehead atoms. The minimum Gasteiger partial charge on any atom is -0.495 e. The topological polar surface area (TPSA) is 66.2 Å². The summed E-state index contributed by atoms with van der Waals surface area (Å²) in [7, 11) is 1.59. The zero-order valence-electron chi connectivity index (χ0n) is 13.9. The van der Waals surface area contributed by atoms with Crippen LogP contribution in [0.5, 0.6) is 5.75 Å². The minimum atomic E-state index is -0.300. The van der Waals surface area contributed by atoms with Gasteiger partial charge in [-0.05, 0) is 30.3 Å². The molecule has 0 saturated carbocycles. The third-order valence-electron chi connectivity index (χ3n) is 4.09. The fourth-order valence-electron chi connectivity index (χ4n) is 2.85. The molecule has 1 aromatic heterocycles. The molecule has 7 heteroatoms. The molecule has 0 aliphatic carbocycles. The maximum absolute atomic E-state index is 12.4. The number of ether oxygens (including phenoxy) is 1. The van der Waals surface area contributed by atoms with E-state index in [0.29, 0.717) is 15.7 Å². The first-order valence-electron chi connectivity index (χ1n) is 7.99. The van der Waals surface area contributed by atoms with Crippen LogP contribution in [0.3, 0.4) is 0 Å². The van der Waals surface area contributed by atoms with Crippen molar-refractivity contribution in [3.05, 3.63) is 64.2 Å². The molecule has 5 nitrogen and oxygen atoms in total. The summed E-state index contributed by atoms with van der Waals surface area (Å²) in [6.45, 7) is 0. The summed E-state index contributed by atoms with van der Waals surface area (Å²) in [6.07, 6.45) is 3.81. The van der Waals surface area contributed by atoms with Crippen molar-refractivity contribution < 1.29 is 9.53 Å². The molecule has 1 amide bonds. The van der Waals surface area contributed by atoms with Crippen LogP contribution in [0.2, 0.25) is 5.02 Å². The molecule has 1 fully saturated rings. The molecular formula is C19H16ClN3O2S. The smallest absolute Gasteiger partial charge is 0.260 e. The lowest BCUT2D eigenvalue weighted by Crippen LogP contribution is -2.31. The molecule has 0 radical (unpaired) electrons. The number of amides is 1. The maximum Gasteiger partial charge on any atom is 0.260 e. The van der Waals surface area contributed by atoms with Gasteiger partial charge in [0, 0.05) is 27.7 Å². The van der Waals surface area contributed by atoms with E-state index in [1.807, 2.05) is 36.5 Å². The number of aromatic amines is 1. The Morgan fingerprint density at radius 3 is 2.96 bits per heavy atom. The standard InChI is InChI=1S/C19H16ClN3O2S/c1-25-16-7-6-12(20)9-15(16)22-19-23-18(24)17(26-19)8-11-10-21-14-5-3-2-4-13(11)14/h2-10,19,21-22H,1H3,(H,23,24)/b17-8-. The predicted octanol–water partition coefficient (Wildman–Crippen LogP) is 4.43. The number of carbonyl (C=O) groups is 1. The van der Waals surface area contributed by atoms with E-state index in [1.165, 1.54) is 11.8 Å². The van der Waals surface area contributed by atoms with Gasteiger partial charge in [0.05, 0.1) is 17.7 Å². The van der Waals surface area contributed by atoms with E-state index in [0.717, 1.165) is 22.2 Å². The zero-order chi connectivity index (χ0) is 18.1. The summed E-state index contributed by atoms with van der Waals surface area (Å²) < 4.78 is 5.34. The average Bonchev–Trinajstić information content (AvgIpc) is 3.19. The van der Waals surface area contributed by atoms with Crippen molar-refractivity contribution in [3.63, 3.8) is 0 Å². The molecule has 1 saturated heterocycles. The number of aromatic nitrogens is 1. The first kappa shape index (κ1) is 16.9. The van der Waals surface area contributed by atoms with Gasteiger partial charge in [-0.25, -0.2) is 0 Å². The van der Waals surface area contributed by atoms with Crippen molar-refractivity contribution in [2.45, 2.75) is 5.50 Å². The number of nitrogens with one attached hydrogen (secondary N) is 3. The van der Waals surface area contributed by atoms with Gasteiger partial charge in [-0.15, -0.1) is 0 Å². The normalized spacial score (nSPS) is 18.3. The van der Waals surface area contributed by atoms with Crippen molar-refractivity contribution in [3.8, 4) is 5.75 Å². The Kier molecular flexibility index (Phi) is 4.53. The number of fused-ring (bicyclic) bond motifs is 1. The molecule has 26 heavy (non-hydrogen) atoms. The van der Waals surface area contributed by atoms with E-state index >= 15 is 0 Å². The molecule has 1 unspecified atom stereocenters. The largest absolute Gasteiger partial charge is 0.495 e. The number of hydrogen-bond acceptors (Lipinski definition) is 4. The van der Waals surface area contributed by atoms with Crippen LogP contribution in [0.25, 0.3) is 17.0 Å². The first-order valence-corrected chi connectivity index (χ1v) is 9.25. The lowest BCUT2D eigenvalue weighted by atomic mass is 10.1. The van der Waals surface area contributed by atoms with Crippen molar-refractivity contribution in [1.82, 2.24) is 10.3 Å². The number of benzene rings is 2. The summed E-state index contributed by atoms with van der Waals surface area (Å²) in [4.78, 5) is 16.2. The molecular weight excluding hydrogens is 370 g/mol. The highest BCUT2D eigenvalue weighted by Gasteiger charge is 2.28. The zero-order valence-corrected chi connectivity index (χ0v) is 15.4. The number of rotatable bonds is 4. The van der Waals surface area contributed by atoms with Crippen LogP contribution in [-0.4, -0.2) is 23.5 Å². The van der Waals surface area contributed by atoms with Crippen LogP contribution in [0.1, 0.15) is 5.56 Å². The summed E-state index contributed by atoms with van der Waals surface area (Å²) in [6, 6.07) is 13.3. The highest BCUT2D eigenvalue weighted by Crippen LogP contribution is 2.35. The van der Waals surface area contributed by atoms with Crippen LogP contribution in [0.4, 0.5) is 5.69 Å². The molecule has 1 atom stereocenters. The van der Waals surface area contributed by atoms with Crippen molar-refractivity contribution >= 4 is 51.9 Å². The van der Waals surface area contributed by atoms with Crippen molar-refractivity contribution in [2.75, 3.05) is 12.4 Å². The lowest BCUT2D eigenvalue weighted by molar-refractivity contribution is -0.116. The molecule has 3 N–H and O–H groups in total.